The van der Waals surface area contributed by atoms with E-state index in [1.165, 1.54) is 30.7 Å². The van der Waals surface area contributed by atoms with Gasteiger partial charge in [-0.15, -0.1) is 0 Å². The van der Waals surface area contributed by atoms with Gasteiger partial charge in [-0.1, -0.05) is 19.8 Å². The molecule has 0 saturated heterocycles. The number of benzene rings is 1. The largest absolute Gasteiger partial charge is 0.349 e. The van der Waals surface area contributed by atoms with Crippen LogP contribution in [0.4, 0.5) is 0 Å². The molecule has 20 heavy (non-hydrogen) atoms. The Balaban J connectivity index is 2.06. The summed E-state index contributed by atoms with van der Waals surface area (Å²) >= 11 is 0. The molecular weight excluding hydrogens is 276 g/mol. The SMILES string of the molecule is C[C@@H]1CCCC[C@H]1NC(=O)c1ccc(S(N)(=O)=O)cc1. The summed E-state index contributed by atoms with van der Waals surface area (Å²) in [5, 5.41) is 8.05. The zero-order valence-corrected chi connectivity index (χ0v) is 12.3. The second-order valence-electron chi connectivity index (χ2n) is 5.41. The molecule has 1 amide bonds. The van der Waals surface area contributed by atoms with Crippen molar-refractivity contribution in [1.82, 2.24) is 5.32 Å². The van der Waals surface area contributed by atoms with Crippen molar-refractivity contribution in [1.29, 1.82) is 0 Å². The number of nitrogens with one attached hydrogen (secondary N) is 1. The Morgan fingerprint density at radius 1 is 1.20 bits per heavy atom. The quantitative estimate of drug-likeness (QED) is 0.888. The molecule has 1 aliphatic rings. The monoisotopic (exact) mass is 296 g/mol. The van der Waals surface area contributed by atoms with Crippen LogP contribution in [-0.2, 0) is 10.0 Å². The minimum atomic E-state index is -3.71. The zero-order chi connectivity index (χ0) is 14.8. The van der Waals surface area contributed by atoms with Crippen LogP contribution in [0.5, 0.6) is 0 Å². The van der Waals surface area contributed by atoms with Gasteiger partial charge in [0.1, 0.15) is 0 Å². The highest BCUT2D eigenvalue weighted by atomic mass is 32.2. The fraction of sp³-hybridized carbons (Fsp3) is 0.500. The highest BCUT2D eigenvalue weighted by molar-refractivity contribution is 7.89. The van der Waals surface area contributed by atoms with Crippen molar-refractivity contribution in [2.45, 2.75) is 43.5 Å². The van der Waals surface area contributed by atoms with E-state index in [9.17, 15) is 13.2 Å². The summed E-state index contributed by atoms with van der Waals surface area (Å²) in [5.41, 5.74) is 0.454. The average molecular weight is 296 g/mol. The van der Waals surface area contributed by atoms with Crippen LogP contribution < -0.4 is 10.5 Å². The van der Waals surface area contributed by atoms with Gasteiger partial charge in [-0.3, -0.25) is 4.79 Å². The number of nitrogens with two attached hydrogens (primary N) is 1. The van der Waals surface area contributed by atoms with Gasteiger partial charge in [0.15, 0.2) is 0 Å². The predicted molar refractivity (Wildman–Crippen MR) is 76.7 cm³/mol. The summed E-state index contributed by atoms with van der Waals surface area (Å²) in [6.07, 6.45) is 4.49. The molecule has 1 fully saturated rings. The topological polar surface area (TPSA) is 89.3 Å². The number of hydrogen-bond donors (Lipinski definition) is 2. The molecule has 110 valence electrons. The minimum absolute atomic E-state index is 0.0140. The van der Waals surface area contributed by atoms with Crippen LogP contribution in [0.25, 0.3) is 0 Å². The summed E-state index contributed by atoms with van der Waals surface area (Å²) in [4.78, 5) is 12.1. The number of sulfonamides is 1. The molecule has 0 bridgehead atoms. The van der Waals surface area contributed by atoms with E-state index in [1.54, 1.807) is 0 Å². The lowest BCUT2D eigenvalue weighted by atomic mass is 9.86. The van der Waals surface area contributed by atoms with Gasteiger partial charge in [0.05, 0.1) is 4.90 Å². The van der Waals surface area contributed by atoms with Crippen molar-refractivity contribution in [2.75, 3.05) is 0 Å². The van der Waals surface area contributed by atoms with Gasteiger partial charge in [-0.05, 0) is 43.0 Å². The van der Waals surface area contributed by atoms with Crippen LogP contribution >= 0.6 is 0 Å². The van der Waals surface area contributed by atoms with Crippen LogP contribution in [0.1, 0.15) is 43.0 Å². The summed E-state index contributed by atoms with van der Waals surface area (Å²) in [5.74, 6) is 0.320. The van der Waals surface area contributed by atoms with E-state index in [1.807, 2.05) is 0 Å². The molecule has 5 nitrogen and oxygen atoms in total. The zero-order valence-electron chi connectivity index (χ0n) is 11.5. The molecule has 0 aliphatic heterocycles. The normalized spacial score (nSPS) is 23.3. The van der Waals surface area contributed by atoms with Crippen molar-refractivity contribution in [2.24, 2.45) is 11.1 Å². The van der Waals surface area contributed by atoms with Gasteiger partial charge < -0.3 is 5.32 Å². The number of carbonyl (C=O) groups is 1. The first-order chi connectivity index (χ1) is 9.38. The lowest BCUT2D eigenvalue weighted by Gasteiger charge is -2.29. The molecule has 1 saturated carbocycles. The Bertz CT molecular complexity index is 581. The number of amides is 1. The molecule has 1 aliphatic carbocycles. The van der Waals surface area contributed by atoms with E-state index in [4.69, 9.17) is 5.14 Å². The molecule has 0 spiro atoms. The molecule has 0 heterocycles. The second kappa shape index (κ2) is 5.93. The second-order valence-corrected chi connectivity index (χ2v) is 6.97. The van der Waals surface area contributed by atoms with Crippen LogP contribution in [0.3, 0.4) is 0 Å². The molecule has 1 aromatic rings. The first-order valence-corrected chi connectivity index (χ1v) is 8.36. The molecule has 0 unspecified atom stereocenters. The van der Waals surface area contributed by atoms with Crippen molar-refractivity contribution in [3.05, 3.63) is 29.8 Å². The summed E-state index contributed by atoms with van der Waals surface area (Å²) in [6, 6.07) is 5.89. The van der Waals surface area contributed by atoms with E-state index in [-0.39, 0.29) is 16.8 Å². The van der Waals surface area contributed by atoms with Gasteiger partial charge in [0, 0.05) is 11.6 Å². The van der Waals surface area contributed by atoms with Gasteiger partial charge in [0.25, 0.3) is 5.91 Å². The molecule has 6 heteroatoms. The third-order valence-corrected chi connectivity index (χ3v) is 4.80. The number of hydrogen-bond acceptors (Lipinski definition) is 3. The maximum absolute atomic E-state index is 12.1. The first-order valence-electron chi connectivity index (χ1n) is 6.81. The minimum Gasteiger partial charge on any atom is -0.349 e. The predicted octanol–water partition coefficient (Wildman–Crippen LogP) is 1.64. The van der Waals surface area contributed by atoms with Crippen LogP contribution in [0, 0.1) is 5.92 Å². The van der Waals surface area contributed by atoms with E-state index in [0.29, 0.717) is 11.5 Å². The fourth-order valence-electron chi connectivity index (χ4n) is 2.58. The van der Waals surface area contributed by atoms with Gasteiger partial charge in [-0.2, -0.15) is 0 Å². The molecule has 0 aromatic heterocycles. The van der Waals surface area contributed by atoms with Crippen molar-refractivity contribution < 1.29 is 13.2 Å². The van der Waals surface area contributed by atoms with Crippen molar-refractivity contribution >= 4 is 15.9 Å². The fourth-order valence-corrected chi connectivity index (χ4v) is 3.09. The third-order valence-electron chi connectivity index (χ3n) is 3.87. The van der Waals surface area contributed by atoms with Crippen LogP contribution in [-0.4, -0.2) is 20.4 Å². The molecule has 2 rings (SSSR count). The van der Waals surface area contributed by atoms with Crippen molar-refractivity contribution in [3.8, 4) is 0 Å². The average Bonchev–Trinajstić information content (AvgIpc) is 2.40. The number of primary sulfonamides is 1. The van der Waals surface area contributed by atoms with Crippen LogP contribution in [0.2, 0.25) is 0 Å². The lowest BCUT2D eigenvalue weighted by Crippen LogP contribution is -2.41. The highest BCUT2D eigenvalue weighted by Gasteiger charge is 2.23. The maximum Gasteiger partial charge on any atom is 0.251 e. The van der Waals surface area contributed by atoms with E-state index in [0.717, 1.165) is 19.3 Å². The lowest BCUT2D eigenvalue weighted by molar-refractivity contribution is 0.0910. The van der Waals surface area contributed by atoms with Gasteiger partial charge >= 0.3 is 0 Å². The molecule has 3 N–H and O–H groups in total. The smallest absolute Gasteiger partial charge is 0.251 e. The molecule has 0 radical (unpaired) electrons. The molecule has 2 atom stereocenters. The Morgan fingerprint density at radius 3 is 2.35 bits per heavy atom. The van der Waals surface area contributed by atoms with Crippen molar-refractivity contribution in [3.63, 3.8) is 0 Å². The highest BCUT2D eigenvalue weighted by Crippen LogP contribution is 2.24. The third kappa shape index (κ3) is 3.58. The van der Waals surface area contributed by atoms with E-state index < -0.39 is 10.0 Å². The Labute approximate surface area is 119 Å². The van der Waals surface area contributed by atoms with E-state index in [2.05, 4.69) is 12.2 Å². The van der Waals surface area contributed by atoms with Gasteiger partial charge in [0.2, 0.25) is 10.0 Å². The Kier molecular flexibility index (Phi) is 4.45. The Hall–Kier alpha value is -1.40. The number of rotatable bonds is 3. The molecule has 1 aromatic carbocycles. The summed E-state index contributed by atoms with van der Waals surface area (Å²) in [7, 11) is -3.71. The molecular formula is C14H20N2O3S. The summed E-state index contributed by atoms with van der Waals surface area (Å²) < 4.78 is 22.3. The van der Waals surface area contributed by atoms with Gasteiger partial charge in [-0.25, -0.2) is 13.6 Å². The standard InChI is InChI=1S/C14H20N2O3S/c1-10-4-2-3-5-13(10)16-14(17)11-6-8-12(9-7-11)20(15,18)19/h6-10,13H,2-5H2,1H3,(H,16,17)(H2,15,18,19)/t10-,13-/m1/s1. The maximum atomic E-state index is 12.1. The Morgan fingerprint density at radius 2 is 1.80 bits per heavy atom. The van der Waals surface area contributed by atoms with E-state index >= 15 is 0 Å². The summed E-state index contributed by atoms with van der Waals surface area (Å²) in [6.45, 7) is 2.15. The van der Waals surface area contributed by atoms with Crippen LogP contribution in [0.15, 0.2) is 29.2 Å². The number of carbonyl (C=O) groups excluding carboxylic acids is 1. The first kappa shape index (κ1) is 15.0.